The van der Waals surface area contributed by atoms with E-state index in [2.05, 4.69) is 0 Å². The van der Waals surface area contributed by atoms with Crippen LogP contribution in [0.15, 0.2) is 18.2 Å². The lowest BCUT2D eigenvalue weighted by Gasteiger charge is -2.39. The summed E-state index contributed by atoms with van der Waals surface area (Å²) in [6, 6.07) is 2.53. The number of amides is 1. The van der Waals surface area contributed by atoms with Crippen LogP contribution in [-0.4, -0.2) is 40.8 Å². The van der Waals surface area contributed by atoms with Gasteiger partial charge in [0.15, 0.2) is 17.2 Å². The first-order valence-electron chi connectivity index (χ1n) is 6.17. The number of nitrogens with zero attached hydrogens (tertiary/aromatic N) is 1. The van der Waals surface area contributed by atoms with Crippen molar-refractivity contribution in [2.24, 2.45) is 0 Å². The highest BCUT2D eigenvalue weighted by Crippen LogP contribution is 2.38. The van der Waals surface area contributed by atoms with E-state index in [1.54, 1.807) is 0 Å². The van der Waals surface area contributed by atoms with Crippen molar-refractivity contribution in [3.63, 3.8) is 0 Å². The summed E-state index contributed by atoms with van der Waals surface area (Å²) >= 11 is 0. The van der Waals surface area contributed by atoms with Crippen LogP contribution in [0.2, 0.25) is 0 Å². The Morgan fingerprint density at radius 3 is 2.19 bits per heavy atom. The van der Waals surface area contributed by atoms with E-state index in [4.69, 9.17) is 0 Å². The minimum Gasteiger partial charge on any atom is -0.380 e. The third-order valence-electron chi connectivity index (χ3n) is 3.57. The van der Waals surface area contributed by atoms with E-state index in [1.165, 1.54) is 0 Å². The zero-order valence-electron chi connectivity index (χ0n) is 10.8. The molecule has 3 nitrogen and oxygen atoms in total. The average molecular weight is 309 g/mol. The maximum absolute atomic E-state index is 13.1. The number of carbonyl (C=O) groups excluding carboxylic acids is 1. The lowest BCUT2D eigenvalue weighted by molar-refractivity contribution is -0.271. The van der Waals surface area contributed by atoms with Gasteiger partial charge >= 0.3 is 6.18 Å². The van der Waals surface area contributed by atoms with Gasteiger partial charge in [0.2, 0.25) is 0 Å². The highest BCUT2D eigenvalue weighted by Gasteiger charge is 2.54. The van der Waals surface area contributed by atoms with Gasteiger partial charge < -0.3 is 10.0 Å². The summed E-state index contributed by atoms with van der Waals surface area (Å²) in [6.07, 6.45) is -6.05. The topological polar surface area (TPSA) is 40.5 Å². The summed E-state index contributed by atoms with van der Waals surface area (Å²) in [5.41, 5.74) is -2.95. The third-order valence-corrected chi connectivity index (χ3v) is 3.57. The number of piperidine rings is 1. The van der Waals surface area contributed by atoms with E-state index >= 15 is 0 Å². The fraction of sp³-hybridized carbons (Fsp3) is 0.462. The molecule has 0 spiro atoms. The standard InChI is InChI=1S/C13H12F5NO2/c14-9-2-1-8(7-10(9)15)11(20)19-5-3-12(21,4-6-19)13(16,17)18/h1-2,7,21H,3-6H2. The Balaban J connectivity index is 2.08. The monoisotopic (exact) mass is 309 g/mol. The number of alkyl halides is 3. The van der Waals surface area contributed by atoms with Gasteiger partial charge in [-0.05, 0) is 18.2 Å². The summed E-state index contributed by atoms with van der Waals surface area (Å²) in [4.78, 5) is 13.1. The summed E-state index contributed by atoms with van der Waals surface area (Å²) in [6.45, 7) is -0.623. The second kappa shape index (κ2) is 5.25. The van der Waals surface area contributed by atoms with Crippen LogP contribution in [0.4, 0.5) is 22.0 Å². The SMILES string of the molecule is O=C(c1ccc(F)c(F)c1)N1CCC(O)(C(F)(F)F)CC1. The van der Waals surface area contributed by atoms with Crippen LogP contribution in [0.25, 0.3) is 0 Å². The zero-order chi connectivity index (χ0) is 15.8. The fourth-order valence-electron chi connectivity index (χ4n) is 2.17. The molecule has 1 heterocycles. The van der Waals surface area contributed by atoms with E-state index in [9.17, 15) is 31.9 Å². The van der Waals surface area contributed by atoms with Crippen molar-refractivity contribution < 1.29 is 31.9 Å². The number of rotatable bonds is 1. The highest BCUT2D eigenvalue weighted by molar-refractivity contribution is 5.94. The molecule has 0 aliphatic carbocycles. The molecule has 21 heavy (non-hydrogen) atoms. The third kappa shape index (κ3) is 2.99. The highest BCUT2D eigenvalue weighted by atomic mass is 19.4. The Hall–Kier alpha value is -1.70. The van der Waals surface area contributed by atoms with Crippen molar-refractivity contribution in [2.75, 3.05) is 13.1 Å². The van der Waals surface area contributed by atoms with Crippen LogP contribution in [-0.2, 0) is 0 Å². The molecule has 0 saturated carbocycles. The van der Waals surface area contributed by atoms with Gasteiger partial charge in [-0.15, -0.1) is 0 Å². The van der Waals surface area contributed by atoms with Gasteiger partial charge in [-0.3, -0.25) is 4.79 Å². The van der Waals surface area contributed by atoms with Gasteiger partial charge in [0, 0.05) is 31.5 Å². The molecule has 0 radical (unpaired) electrons. The van der Waals surface area contributed by atoms with Crippen LogP contribution >= 0.6 is 0 Å². The molecule has 1 amide bonds. The Bertz CT molecular complexity index is 550. The maximum Gasteiger partial charge on any atom is 0.417 e. The van der Waals surface area contributed by atoms with Crippen molar-refractivity contribution in [1.82, 2.24) is 4.90 Å². The number of benzene rings is 1. The van der Waals surface area contributed by atoms with Crippen molar-refractivity contribution in [1.29, 1.82) is 0 Å². The molecule has 0 atom stereocenters. The quantitative estimate of drug-likeness (QED) is 0.810. The molecule has 1 N–H and O–H groups in total. The van der Waals surface area contributed by atoms with E-state index in [0.717, 1.165) is 17.0 Å². The van der Waals surface area contributed by atoms with Crippen LogP contribution in [0.5, 0.6) is 0 Å². The van der Waals surface area contributed by atoms with Gasteiger partial charge in [-0.1, -0.05) is 0 Å². The molecule has 1 aliphatic rings. The molecule has 0 aromatic heterocycles. The molecule has 1 fully saturated rings. The minimum absolute atomic E-state index is 0.147. The summed E-state index contributed by atoms with van der Waals surface area (Å²) in [5.74, 6) is -3.01. The summed E-state index contributed by atoms with van der Waals surface area (Å²) < 4.78 is 63.7. The Kier molecular flexibility index (Phi) is 3.92. The van der Waals surface area contributed by atoms with E-state index in [-0.39, 0.29) is 18.7 Å². The van der Waals surface area contributed by atoms with Crippen molar-refractivity contribution >= 4 is 5.91 Å². The first-order chi connectivity index (χ1) is 9.64. The minimum atomic E-state index is -4.76. The zero-order valence-corrected chi connectivity index (χ0v) is 10.8. The molecular formula is C13H12F5NO2. The summed E-state index contributed by atoms with van der Waals surface area (Å²) in [7, 11) is 0. The Morgan fingerprint density at radius 1 is 1.14 bits per heavy atom. The molecule has 116 valence electrons. The Morgan fingerprint density at radius 2 is 1.71 bits per heavy atom. The number of carbonyl (C=O) groups is 1. The molecule has 1 aromatic rings. The van der Waals surface area contributed by atoms with E-state index in [1.807, 2.05) is 0 Å². The lowest BCUT2D eigenvalue weighted by atomic mass is 9.90. The molecule has 0 bridgehead atoms. The lowest BCUT2D eigenvalue weighted by Crippen LogP contribution is -2.54. The first-order valence-corrected chi connectivity index (χ1v) is 6.17. The smallest absolute Gasteiger partial charge is 0.380 e. The van der Waals surface area contributed by atoms with Gasteiger partial charge in [0.1, 0.15) is 0 Å². The Labute approximate surface area is 117 Å². The van der Waals surface area contributed by atoms with E-state index in [0.29, 0.717) is 6.07 Å². The van der Waals surface area contributed by atoms with Crippen molar-refractivity contribution in [3.05, 3.63) is 35.4 Å². The molecule has 1 aromatic carbocycles. The van der Waals surface area contributed by atoms with Crippen LogP contribution in [0.3, 0.4) is 0 Å². The molecule has 2 rings (SSSR count). The van der Waals surface area contributed by atoms with Crippen molar-refractivity contribution in [3.8, 4) is 0 Å². The van der Waals surface area contributed by atoms with Gasteiger partial charge in [-0.2, -0.15) is 13.2 Å². The van der Waals surface area contributed by atoms with Crippen LogP contribution in [0.1, 0.15) is 23.2 Å². The average Bonchev–Trinajstić information content (AvgIpc) is 2.41. The van der Waals surface area contributed by atoms with E-state index < -0.39 is 42.2 Å². The van der Waals surface area contributed by atoms with Gasteiger partial charge in [-0.25, -0.2) is 8.78 Å². The number of likely N-dealkylation sites (tertiary alicyclic amines) is 1. The maximum atomic E-state index is 13.1. The van der Waals surface area contributed by atoms with Crippen LogP contribution < -0.4 is 0 Å². The number of aliphatic hydroxyl groups is 1. The first kappa shape index (κ1) is 15.7. The molecule has 0 unspecified atom stereocenters. The second-order valence-corrected chi connectivity index (χ2v) is 4.95. The van der Waals surface area contributed by atoms with Gasteiger partial charge in [0.25, 0.3) is 5.91 Å². The molecular weight excluding hydrogens is 297 g/mol. The molecule has 1 aliphatic heterocycles. The molecule has 1 saturated heterocycles. The number of hydrogen-bond acceptors (Lipinski definition) is 2. The number of hydrogen-bond donors (Lipinski definition) is 1. The number of halogens is 5. The normalized spacial score (nSPS) is 18.7. The second-order valence-electron chi connectivity index (χ2n) is 4.95. The predicted molar refractivity (Wildman–Crippen MR) is 62.5 cm³/mol. The fourth-order valence-corrected chi connectivity index (χ4v) is 2.17. The van der Waals surface area contributed by atoms with Crippen molar-refractivity contribution in [2.45, 2.75) is 24.6 Å². The summed E-state index contributed by atoms with van der Waals surface area (Å²) in [5, 5.41) is 9.49. The molecule has 8 heteroatoms. The largest absolute Gasteiger partial charge is 0.417 e. The van der Waals surface area contributed by atoms with Crippen LogP contribution in [0, 0.1) is 11.6 Å². The van der Waals surface area contributed by atoms with Gasteiger partial charge in [0.05, 0.1) is 0 Å². The predicted octanol–water partition coefficient (Wildman–Crippen LogP) is 2.49.